The van der Waals surface area contributed by atoms with Crippen molar-refractivity contribution in [2.75, 3.05) is 18.6 Å². The van der Waals surface area contributed by atoms with Crippen LogP contribution in [0.5, 0.6) is 5.75 Å². The smallest absolute Gasteiger partial charge is 0.464 e. The molecule has 0 saturated heterocycles. The molecule has 0 saturated carbocycles. The number of esters is 1. The number of pyridine rings is 1. The molecule has 0 fully saturated rings. The van der Waals surface area contributed by atoms with Crippen LogP contribution in [0.15, 0.2) is 24.3 Å². The van der Waals surface area contributed by atoms with Crippen molar-refractivity contribution in [1.82, 2.24) is 4.98 Å². The Morgan fingerprint density at radius 2 is 1.88 bits per heavy atom. The van der Waals surface area contributed by atoms with E-state index in [1.807, 2.05) is 0 Å². The third-order valence-corrected chi connectivity index (χ3v) is 3.29. The number of nitrogens with zero attached hydrogens (tertiary/aromatic N) is 1. The Morgan fingerprint density at radius 3 is 2.42 bits per heavy atom. The molecule has 0 unspecified atom stereocenters. The molecule has 1 aromatic carbocycles. The average Bonchev–Trinajstić information content (AvgIpc) is 2.47. The summed E-state index contributed by atoms with van der Waals surface area (Å²) in [6.07, 6.45) is -4.84. The molecule has 4 N–H and O–H groups in total. The molecule has 2 aromatic rings. The lowest BCUT2D eigenvalue weighted by molar-refractivity contribution is -0.274. The van der Waals surface area contributed by atoms with Crippen LogP contribution in [0.3, 0.4) is 0 Å². The predicted molar refractivity (Wildman–Crippen MR) is 81.5 cm³/mol. The van der Waals surface area contributed by atoms with Crippen LogP contribution in [0, 0.1) is 0 Å². The first-order valence-corrected chi connectivity index (χ1v) is 6.70. The van der Waals surface area contributed by atoms with E-state index in [0.717, 1.165) is 19.2 Å². The van der Waals surface area contributed by atoms with Crippen LogP contribution >= 0.6 is 11.6 Å². The maximum atomic E-state index is 12.2. The minimum atomic E-state index is -4.84. The van der Waals surface area contributed by atoms with Crippen LogP contribution in [0.2, 0.25) is 5.02 Å². The Kier molecular flexibility index (Phi) is 4.74. The van der Waals surface area contributed by atoms with E-state index >= 15 is 0 Å². The number of nitrogens with two attached hydrogens (primary N) is 2. The number of anilines is 2. The van der Waals surface area contributed by atoms with Gasteiger partial charge in [0, 0.05) is 17.3 Å². The molecular weight excluding hydrogens is 351 g/mol. The highest BCUT2D eigenvalue weighted by atomic mass is 35.5. The molecule has 0 aliphatic rings. The van der Waals surface area contributed by atoms with Crippen LogP contribution < -0.4 is 16.2 Å². The molecule has 0 bridgehead atoms. The van der Waals surface area contributed by atoms with Crippen LogP contribution in [0.4, 0.5) is 24.5 Å². The molecule has 2 rings (SSSR count). The fourth-order valence-corrected chi connectivity index (χ4v) is 2.06. The molecule has 1 heterocycles. The summed E-state index contributed by atoms with van der Waals surface area (Å²) in [4.78, 5) is 15.7. The third kappa shape index (κ3) is 3.80. The third-order valence-electron chi connectivity index (χ3n) is 2.90. The van der Waals surface area contributed by atoms with Crippen LogP contribution in [0.25, 0.3) is 11.3 Å². The van der Waals surface area contributed by atoms with Crippen molar-refractivity contribution in [1.29, 1.82) is 0 Å². The predicted octanol–water partition coefficient (Wildman–Crippen LogP) is 3.25. The van der Waals surface area contributed by atoms with Crippen molar-refractivity contribution in [3.63, 3.8) is 0 Å². The lowest BCUT2D eigenvalue weighted by Gasteiger charge is -2.13. The highest BCUT2D eigenvalue weighted by Gasteiger charge is 2.31. The number of carbonyl (C=O) groups is 1. The summed E-state index contributed by atoms with van der Waals surface area (Å²) >= 11 is 5.90. The van der Waals surface area contributed by atoms with Gasteiger partial charge in [0.1, 0.15) is 5.75 Å². The molecule has 6 nitrogen and oxygen atoms in total. The van der Waals surface area contributed by atoms with E-state index in [-0.39, 0.29) is 33.3 Å². The summed E-state index contributed by atoms with van der Waals surface area (Å²) in [5.74, 6) is -1.30. The van der Waals surface area contributed by atoms with E-state index in [1.165, 1.54) is 12.1 Å². The van der Waals surface area contributed by atoms with Gasteiger partial charge >= 0.3 is 12.3 Å². The van der Waals surface area contributed by atoms with Gasteiger partial charge in [-0.1, -0.05) is 11.6 Å². The second kappa shape index (κ2) is 6.44. The van der Waals surface area contributed by atoms with Crippen molar-refractivity contribution in [2.24, 2.45) is 0 Å². The van der Waals surface area contributed by atoms with E-state index in [4.69, 9.17) is 23.1 Å². The van der Waals surface area contributed by atoms with E-state index in [1.54, 1.807) is 0 Å². The number of rotatable bonds is 3. The summed E-state index contributed by atoms with van der Waals surface area (Å²) < 4.78 is 45.0. The van der Waals surface area contributed by atoms with Crippen LogP contribution in [0.1, 0.15) is 10.5 Å². The summed E-state index contributed by atoms with van der Waals surface area (Å²) in [5, 5.41) is -0.0961. The van der Waals surface area contributed by atoms with Gasteiger partial charge in [0.15, 0.2) is 5.69 Å². The topological polar surface area (TPSA) is 100 Å². The van der Waals surface area contributed by atoms with Crippen molar-refractivity contribution in [2.45, 2.75) is 6.36 Å². The van der Waals surface area contributed by atoms with Gasteiger partial charge in [0.2, 0.25) is 0 Å². The number of carbonyl (C=O) groups excluding carboxylic acids is 1. The molecular formula is C14H11ClF3N3O3. The Morgan fingerprint density at radius 1 is 1.21 bits per heavy atom. The highest BCUT2D eigenvalue weighted by Crippen LogP contribution is 2.34. The molecule has 10 heteroatoms. The summed E-state index contributed by atoms with van der Waals surface area (Å²) in [5.41, 5.74) is 11.6. The fraction of sp³-hybridized carbons (Fsp3) is 0.143. The molecule has 0 spiro atoms. The largest absolute Gasteiger partial charge is 0.573 e. The molecule has 128 valence electrons. The van der Waals surface area contributed by atoms with E-state index in [0.29, 0.717) is 0 Å². The Bertz CT molecular complexity index is 797. The Balaban J connectivity index is 2.49. The monoisotopic (exact) mass is 361 g/mol. The molecule has 24 heavy (non-hydrogen) atoms. The van der Waals surface area contributed by atoms with Gasteiger partial charge in [-0.25, -0.2) is 9.78 Å². The van der Waals surface area contributed by atoms with Gasteiger partial charge in [-0.15, -0.1) is 13.2 Å². The normalized spacial score (nSPS) is 11.2. The summed E-state index contributed by atoms with van der Waals surface area (Å²) in [6, 6.07) is 4.63. The number of hydrogen-bond acceptors (Lipinski definition) is 6. The zero-order chi connectivity index (χ0) is 18.1. The molecule has 0 atom stereocenters. The van der Waals surface area contributed by atoms with Gasteiger partial charge in [-0.2, -0.15) is 0 Å². The standard InChI is InChI=1S/C14H11ClF3N3O3/c1-23-13(22)12-11(15)9(20)5-10(21-12)7-3-2-6(4-8(7)19)24-14(16,17)18/h2-5H,19H2,1H3,(H2,20,21). The van der Waals surface area contributed by atoms with Crippen LogP contribution in [-0.2, 0) is 4.74 Å². The van der Waals surface area contributed by atoms with E-state index in [9.17, 15) is 18.0 Å². The number of benzene rings is 1. The summed E-state index contributed by atoms with van der Waals surface area (Å²) in [7, 11) is 1.14. The molecule has 0 radical (unpaired) electrons. The molecule has 0 aliphatic heterocycles. The number of halogens is 4. The maximum Gasteiger partial charge on any atom is 0.573 e. The summed E-state index contributed by atoms with van der Waals surface area (Å²) in [6.45, 7) is 0. The van der Waals surface area contributed by atoms with E-state index in [2.05, 4.69) is 14.5 Å². The molecule has 1 aromatic heterocycles. The number of ether oxygens (including phenoxy) is 2. The molecule has 0 amide bonds. The quantitative estimate of drug-likeness (QED) is 0.643. The van der Waals surface area contributed by atoms with Crippen molar-refractivity contribution >= 4 is 28.9 Å². The van der Waals surface area contributed by atoms with Gasteiger partial charge in [-0.3, -0.25) is 0 Å². The van der Waals surface area contributed by atoms with Crippen molar-refractivity contribution < 1.29 is 27.4 Å². The SMILES string of the molecule is COC(=O)c1nc(-c2ccc(OC(F)(F)F)cc2N)cc(N)c1Cl. The first kappa shape index (κ1) is 17.7. The number of hydrogen-bond donors (Lipinski definition) is 2. The number of aromatic nitrogens is 1. The van der Waals surface area contributed by atoms with Gasteiger partial charge in [-0.05, 0) is 18.2 Å². The number of methoxy groups -OCH3 is 1. The van der Waals surface area contributed by atoms with Gasteiger partial charge in [0.25, 0.3) is 0 Å². The maximum absolute atomic E-state index is 12.2. The lowest BCUT2D eigenvalue weighted by atomic mass is 10.1. The number of alkyl halides is 3. The van der Waals surface area contributed by atoms with Gasteiger partial charge < -0.3 is 20.9 Å². The van der Waals surface area contributed by atoms with Gasteiger partial charge in [0.05, 0.1) is 23.5 Å². The first-order chi connectivity index (χ1) is 11.1. The Labute approximate surface area is 139 Å². The first-order valence-electron chi connectivity index (χ1n) is 6.32. The number of nitrogen functional groups attached to an aromatic ring is 2. The minimum absolute atomic E-state index is 0.0390. The lowest BCUT2D eigenvalue weighted by Crippen LogP contribution is -2.17. The van der Waals surface area contributed by atoms with E-state index < -0.39 is 18.1 Å². The fourth-order valence-electron chi connectivity index (χ4n) is 1.89. The van der Waals surface area contributed by atoms with Crippen LogP contribution in [-0.4, -0.2) is 24.4 Å². The second-order valence-electron chi connectivity index (χ2n) is 4.55. The zero-order valence-electron chi connectivity index (χ0n) is 12.1. The van der Waals surface area contributed by atoms with Crippen molar-refractivity contribution in [3.8, 4) is 17.0 Å². The van der Waals surface area contributed by atoms with Crippen molar-refractivity contribution in [3.05, 3.63) is 35.0 Å². The zero-order valence-corrected chi connectivity index (χ0v) is 12.9. The second-order valence-corrected chi connectivity index (χ2v) is 4.93. The highest BCUT2D eigenvalue weighted by molar-refractivity contribution is 6.35. The molecule has 0 aliphatic carbocycles. The Hall–Kier alpha value is -2.68. The minimum Gasteiger partial charge on any atom is -0.464 e. The average molecular weight is 362 g/mol.